The van der Waals surface area contributed by atoms with E-state index in [4.69, 9.17) is 4.74 Å². The lowest BCUT2D eigenvalue weighted by Gasteiger charge is -2.58. The minimum absolute atomic E-state index is 0.240. The molecule has 2 atom stereocenters. The molecule has 5 heteroatoms. The number of hydrogen-bond donors (Lipinski definition) is 1. The first-order valence-corrected chi connectivity index (χ1v) is 11.6. The van der Waals surface area contributed by atoms with Gasteiger partial charge in [0.1, 0.15) is 0 Å². The van der Waals surface area contributed by atoms with Gasteiger partial charge in [-0.1, -0.05) is 42.5 Å². The SMILES string of the molecule is Cc1cccc(N(Cc2ccccc2)C(=O)COC(=O)C23C[C@@H]4C[C@H](CC(O)(C4)C2)C3)c1. The molecular formula is C27H31NO4. The van der Waals surface area contributed by atoms with Gasteiger partial charge >= 0.3 is 5.97 Å². The molecule has 4 aliphatic rings. The van der Waals surface area contributed by atoms with Gasteiger partial charge in [0.2, 0.25) is 0 Å². The third-order valence-electron chi connectivity index (χ3n) is 7.59. The van der Waals surface area contributed by atoms with Crippen LogP contribution in [0.4, 0.5) is 5.69 Å². The highest BCUT2D eigenvalue weighted by Gasteiger charge is 2.60. The molecule has 0 spiro atoms. The van der Waals surface area contributed by atoms with Gasteiger partial charge in [-0.2, -0.15) is 0 Å². The first-order chi connectivity index (χ1) is 15.3. The minimum Gasteiger partial charge on any atom is -0.455 e. The lowest BCUT2D eigenvalue weighted by Crippen LogP contribution is -2.58. The quantitative estimate of drug-likeness (QED) is 0.686. The monoisotopic (exact) mass is 433 g/mol. The molecule has 32 heavy (non-hydrogen) atoms. The van der Waals surface area contributed by atoms with E-state index in [1.165, 1.54) is 0 Å². The van der Waals surface area contributed by atoms with E-state index in [2.05, 4.69) is 0 Å². The van der Waals surface area contributed by atoms with E-state index in [1.54, 1.807) is 4.90 Å². The number of aliphatic hydroxyl groups is 1. The lowest BCUT2D eigenvalue weighted by atomic mass is 9.48. The summed E-state index contributed by atoms with van der Waals surface area (Å²) in [7, 11) is 0. The summed E-state index contributed by atoms with van der Waals surface area (Å²) in [6, 6.07) is 17.6. The van der Waals surface area contributed by atoms with Gasteiger partial charge in [-0.15, -0.1) is 0 Å². The minimum atomic E-state index is -0.728. The molecule has 0 radical (unpaired) electrons. The molecule has 0 heterocycles. The molecule has 4 aliphatic carbocycles. The Bertz CT molecular complexity index is 1000. The third kappa shape index (κ3) is 4.06. The van der Waals surface area contributed by atoms with Gasteiger partial charge in [0, 0.05) is 5.69 Å². The van der Waals surface area contributed by atoms with Crippen molar-refractivity contribution in [2.75, 3.05) is 11.5 Å². The second kappa shape index (κ2) is 8.04. The zero-order valence-corrected chi connectivity index (χ0v) is 18.6. The highest BCUT2D eigenvalue weighted by Crippen LogP contribution is 2.61. The van der Waals surface area contributed by atoms with Crippen molar-refractivity contribution in [1.82, 2.24) is 0 Å². The van der Waals surface area contributed by atoms with Crippen molar-refractivity contribution in [3.8, 4) is 0 Å². The molecule has 0 unspecified atom stereocenters. The van der Waals surface area contributed by atoms with Crippen molar-refractivity contribution in [3.05, 3.63) is 65.7 Å². The Morgan fingerprint density at radius 3 is 2.41 bits per heavy atom. The number of nitrogens with zero attached hydrogens (tertiary/aromatic N) is 1. The molecule has 0 saturated heterocycles. The van der Waals surface area contributed by atoms with Crippen LogP contribution < -0.4 is 4.90 Å². The largest absolute Gasteiger partial charge is 0.455 e. The summed E-state index contributed by atoms with van der Waals surface area (Å²) in [5.74, 6) is 0.247. The maximum Gasteiger partial charge on any atom is 0.312 e. The molecule has 6 rings (SSSR count). The van der Waals surface area contributed by atoms with Gasteiger partial charge < -0.3 is 14.7 Å². The van der Waals surface area contributed by atoms with Crippen molar-refractivity contribution < 1.29 is 19.4 Å². The van der Waals surface area contributed by atoms with Gasteiger partial charge in [0.05, 0.1) is 17.6 Å². The van der Waals surface area contributed by atoms with Crippen molar-refractivity contribution in [3.63, 3.8) is 0 Å². The average Bonchev–Trinajstić information content (AvgIpc) is 2.74. The fourth-order valence-corrected chi connectivity index (χ4v) is 6.70. The smallest absolute Gasteiger partial charge is 0.312 e. The number of aryl methyl sites for hydroxylation is 1. The number of esters is 1. The van der Waals surface area contributed by atoms with Crippen LogP contribution in [0.25, 0.3) is 0 Å². The van der Waals surface area contributed by atoms with E-state index in [-0.39, 0.29) is 18.5 Å². The first kappa shape index (κ1) is 21.2. The molecule has 1 N–H and O–H groups in total. The summed E-state index contributed by atoms with van der Waals surface area (Å²) in [6.07, 6.45) is 4.75. The Hall–Kier alpha value is -2.66. The molecule has 0 aliphatic heterocycles. The first-order valence-electron chi connectivity index (χ1n) is 11.6. The van der Waals surface area contributed by atoms with Crippen LogP contribution in [0.3, 0.4) is 0 Å². The van der Waals surface area contributed by atoms with E-state index in [0.29, 0.717) is 24.8 Å². The topological polar surface area (TPSA) is 66.8 Å². The molecule has 4 fully saturated rings. The number of amides is 1. The molecule has 4 saturated carbocycles. The van der Waals surface area contributed by atoms with Crippen LogP contribution in [0.15, 0.2) is 54.6 Å². The van der Waals surface area contributed by atoms with Gasteiger partial charge in [-0.25, -0.2) is 0 Å². The normalized spacial score (nSPS) is 30.2. The molecule has 0 aromatic heterocycles. The van der Waals surface area contributed by atoms with Crippen LogP contribution in [0.1, 0.15) is 49.7 Å². The van der Waals surface area contributed by atoms with Crippen LogP contribution >= 0.6 is 0 Å². The number of rotatable bonds is 6. The fourth-order valence-electron chi connectivity index (χ4n) is 6.70. The predicted octanol–water partition coefficient (Wildman–Crippen LogP) is 4.40. The van der Waals surface area contributed by atoms with Crippen molar-refractivity contribution in [2.24, 2.45) is 17.3 Å². The molecular weight excluding hydrogens is 402 g/mol. The Labute approximate surface area is 189 Å². The fraction of sp³-hybridized carbons (Fsp3) is 0.481. The highest BCUT2D eigenvalue weighted by atomic mass is 16.5. The Morgan fingerprint density at radius 1 is 1.03 bits per heavy atom. The van der Waals surface area contributed by atoms with Crippen molar-refractivity contribution >= 4 is 17.6 Å². The number of anilines is 1. The number of hydrogen-bond acceptors (Lipinski definition) is 4. The number of ether oxygens (including phenoxy) is 1. The predicted molar refractivity (Wildman–Crippen MR) is 122 cm³/mol. The summed E-state index contributed by atoms with van der Waals surface area (Å²) in [4.78, 5) is 28.1. The molecule has 2 aromatic carbocycles. The molecule has 168 valence electrons. The number of benzene rings is 2. The second-order valence-corrected chi connectivity index (χ2v) is 10.3. The lowest BCUT2D eigenvalue weighted by molar-refractivity contribution is -0.196. The van der Waals surface area contributed by atoms with Crippen molar-refractivity contribution in [2.45, 2.75) is 57.6 Å². The summed E-state index contributed by atoms with van der Waals surface area (Å²) in [5.41, 5.74) is 1.52. The third-order valence-corrected chi connectivity index (χ3v) is 7.59. The maximum absolute atomic E-state index is 13.3. The standard InChI is InChI=1S/C27H31NO4/c1-19-6-5-9-23(10-19)28(16-20-7-3-2-4-8-20)24(29)17-32-25(30)26-12-21-11-22(13-26)15-27(31,14-21)18-26/h2-10,21-22,31H,11-18H2,1H3/t21-,22-,26?,27?/m0/s1. The van der Waals surface area contributed by atoms with Gasteiger partial charge in [-0.3, -0.25) is 9.59 Å². The van der Waals surface area contributed by atoms with E-state index in [9.17, 15) is 14.7 Å². The number of carbonyl (C=O) groups is 2. The van der Waals surface area contributed by atoms with Crippen LogP contribution in [-0.2, 0) is 20.9 Å². The van der Waals surface area contributed by atoms with Crippen LogP contribution in [0.5, 0.6) is 0 Å². The molecule has 2 aromatic rings. The average molecular weight is 434 g/mol. The van der Waals surface area contributed by atoms with Gasteiger partial charge in [0.15, 0.2) is 6.61 Å². The zero-order chi connectivity index (χ0) is 22.3. The molecule has 4 bridgehead atoms. The maximum atomic E-state index is 13.3. The molecule has 5 nitrogen and oxygen atoms in total. The molecule has 1 amide bonds. The van der Waals surface area contributed by atoms with E-state index >= 15 is 0 Å². The van der Waals surface area contributed by atoms with Crippen molar-refractivity contribution in [1.29, 1.82) is 0 Å². The highest BCUT2D eigenvalue weighted by molar-refractivity contribution is 5.95. The Morgan fingerprint density at radius 2 is 1.75 bits per heavy atom. The zero-order valence-electron chi connectivity index (χ0n) is 18.6. The Balaban J connectivity index is 1.31. The summed E-state index contributed by atoms with van der Waals surface area (Å²) in [6.45, 7) is 2.12. The van der Waals surface area contributed by atoms with Gasteiger partial charge in [-0.05, 0) is 80.5 Å². The summed E-state index contributed by atoms with van der Waals surface area (Å²) in [5, 5.41) is 10.9. The second-order valence-electron chi connectivity index (χ2n) is 10.3. The van der Waals surface area contributed by atoms with Crippen LogP contribution in [0.2, 0.25) is 0 Å². The van der Waals surface area contributed by atoms with Crippen LogP contribution in [-0.4, -0.2) is 29.2 Å². The summed E-state index contributed by atoms with van der Waals surface area (Å²) < 4.78 is 5.66. The van der Waals surface area contributed by atoms with Gasteiger partial charge in [0.25, 0.3) is 5.91 Å². The number of carbonyl (C=O) groups excluding carboxylic acids is 2. The van der Waals surface area contributed by atoms with E-state index in [0.717, 1.165) is 48.9 Å². The summed E-state index contributed by atoms with van der Waals surface area (Å²) >= 11 is 0. The van der Waals surface area contributed by atoms with Crippen LogP contribution in [0, 0.1) is 24.2 Å². The van der Waals surface area contributed by atoms with E-state index in [1.807, 2.05) is 61.5 Å². The van der Waals surface area contributed by atoms with E-state index < -0.39 is 11.0 Å². The Kier molecular flexibility index (Phi) is 5.32.